The van der Waals surface area contributed by atoms with Crippen LogP contribution in [0.2, 0.25) is 0 Å². The van der Waals surface area contributed by atoms with Gasteiger partial charge in [-0.1, -0.05) is 42.0 Å². The van der Waals surface area contributed by atoms with Crippen LogP contribution in [0.5, 0.6) is 0 Å². The fourth-order valence-corrected chi connectivity index (χ4v) is 3.34. The molecule has 22 heavy (non-hydrogen) atoms. The van der Waals surface area contributed by atoms with E-state index in [1.165, 1.54) is 33.4 Å². The third-order valence-electron chi connectivity index (χ3n) is 4.43. The standard InChI is InChI=1S/C11H14O.C9H10O/c1-8-5-4-6-9-7-12-11(2,3)10(8)9;1-7-2-3-8-5-10-6-9(8)4-7/h4-6H,7H2,1-3H3;2-4H,5-6H2,1H3. The smallest absolute Gasteiger partial charge is 0.0885 e. The summed E-state index contributed by atoms with van der Waals surface area (Å²) in [4.78, 5) is 0. The summed E-state index contributed by atoms with van der Waals surface area (Å²) >= 11 is 0. The second-order valence-corrected chi connectivity index (χ2v) is 6.67. The molecular formula is C20H24O2. The van der Waals surface area contributed by atoms with E-state index >= 15 is 0 Å². The van der Waals surface area contributed by atoms with Gasteiger partial charge in [-0.15, -0.1) is 0 Å². The van der Waals surface area contributed by atoms with Crippen LogP contribution in [-0.2, 0) is 34.9 Å². The Labute approximate surface area is 133 Å². The number of rotatable bonds is 0. The van der Waals surface area contributed by atoms with Gasteiger partial charge in [0, 0.05) is 0 Å². The summed E-state index contributed by atoms with van der Waals surface area (Å²) in [6.07, 6.45) is 0. The molecule has 0 atom stereocenters. The molecule has 2 heteroatoms. The Morgan fingerprint density at radius 3 is 2.41 bits per heavy atom. The maximum atomic E-state index is 5.69. The first kappa shape index (κ1) is 15.3. The van der Waals surface area contributed by atoms with Crippen molar-refractivity contribution in [3.8, 4) is 0 Å². The highest BCUT2D eigenvalue weighted by atomic mass is 16.5. The number of benzene rings is 2. The van der Waals surface area contributed by atoms with Crippen molar-refractivity contribution in [3.63, 3.8) is 0 Å². The fourth-order valence-electron chi connectivity index (χ4n) is 3.34. The van der Waals surface area contributed by atoms with E-state index in [4.69, 9.17) is 9.47 Å². The quantitative estimate of drug-likeness (QED) is 0.696. The van der Waals surface area contributed by atoms with Crippen molar-refractivity contribution in [2.45, 2.75) is 53.1 Å². The molecule has 2 aromatic carbocycles. The van der Waals surface area contributed by atoms with Gasteiger partial charge < -0.3 is 9.47 Å². The molecule has 0 fully saturated rings. The molecule has 0 N–H and O–H groups in total. The van der Waals surface area contributed by atoms with E-state index in [0.29, 0.717) is 0 Å². The third kappa shape index (κ3) is 2.94. The van der Waals surface area contributed by atoms with Crippen LogP contribution < -0.4 is 0 Å². The molecule has 2 heterocycles. The lowest BCUT2D eigenvalue weighted by Crippen LogP contribution is -2.15. The SMILES string of the molecule is Cc1ccc2c(c1)COC2.Cc1cccc2c1C(C)(C)OC2. The average molecular weight is 296 g/mol. The minimum absolute atomic E-state index is 0.0827. The van der Waals surface area contributed by atoms with Crippen LogP contribution in [0.1, 0.15) is 47.2 Å². The molecule has 0 spiro atoms. The predicted octanol–water partition coefficient (Wildman–Crippen LogP) is 4.79. The zero-order valence-electron chi connectivity index (χ0n) is 13.9. The molecule has 0 unspecified atom stereocenters. The first-order chi connectivity index (χ1) is 10.5. The predicted molar refractivity (Wildman–Crippen MR) is 88.7 cm³/mol. The number of fused-ring (bicyclic) bond motifs is 2. The van der Waals surface area contributed by atoms with E-state index < -0.39 is 0 Å². The molecular weight excluding hydrogens is 272 g/mol. The molecule has 0 saturated heterocycles. The van der Waals surface area contributed by atoms with Crippen LogP contribution in [0.15, 0.2) is 36.4 Å². The number of aryl methyl sites for hydroxylation is 2. The van der Waals surface area contributed by atoms with Gasteiger partial charge in [-0.2, -0.15) is 0 Å². The van der Waals surface area contributed by atoms with Crippen molar-refractivity contribution in [2.75, 3.05) is 0 Å². The highest BCUT2D eigenvalue weighted by molar-refractivity contribution is 5.40. The van der Waals surface area contributed by atoms with Crippen LogP contribution in [0.25, 0.3) is 0 Å². The second kappa shape index (κ2) is 5.86. The van der Waals surface area contributed by atoms with Crippen LogP contribution >= 0.6 is 0 Å². The summed E-state index contributed by atoms with van der Waals surface area (Å²) in [7, 11) is 0. The van der Waals surface area contributed by atoms with Crippen LogP contribution in [0.4, 0.5) is 0 Å². The summed E-state index contributed by atoms with van der Waals surface area (Å²) < 4.78 is 11.0. The van der Waals surface area contributed by atoms with E-state index in [1.54, 1.807) is 0 Å². The Morgan fingerprint density at radius 2 is 1.64 bits per heavy atom. The maximum Gasteiger partial charge on any atom is 0.0885 e. The van der Waals surface area contributed by atoms with Crippen molar-refractivity contribution < 1.29 is 9.47 Å². The van der Waals surface area contributed by atoms with Crippen molar-refractivity contribution >= 4 is 0 Å². The van der Waals surface area contributed by atoms with Gasteiger partial charge in [0.2, 0.25) is 0 Å². The van der Waals surface area contributed by atoms with Crippen molar-refractivity contribution in [1.29, 1.82) is 0 Å². The summed E-state index contributed by atoms with van der Waals surface area (Å²) in [5.74, 6) is 0. The molecule has 0 aliphatic carbocycles. The van der Waals surface area contributed by atoms with Gasteiger partial charge in [0.1, 0.15) is 0 Å². The molecule has 4 rings (SSSR count). The van der Waals surface area contributed by atoms with Crippen molar-refractivity contribution in [2.24, 2.45) is 0 Å². The van der Waals surface area contributed by atoms with Crippen molar-refractivity contribution in [3.05, 3.63) is 69.8 Å². The number of hydrogen-bond donors (Lipinski definition) is 0. The lowest BCUT2D eigenvalue weighted by atomic mass is 9.92. The van der Waals surface area contributed by atoms with Gasteiger partial charge in [-0.25, -0.2) is 0 Å². The Bertz CT molecular complexity index is 686. The van der Waals surface area contributed by atoms with E-state index in [2.05, 4.69) is 64.1 Å². The van der Waals surface area contributed by atoms with Gasteiger partial charge in [0.15, 0.2) is 0 Å². The van der Waals surface area contributed by atoms with Crippen molar-refractivity contribution in [1.82, 2.24) is 0 Å². The van der Waals surface area contributed by atoms with Gasteiger partial charge in [0.25, 0.3) is 0 Å². The monoisotopic (exact) mass is 296 g/mol. The number of hydrogen-bond acceptors (Lipinski definition) is 2. The lowest BCUT2D eigenvalue weighted by molar-refractivity contribution is -0.00818. The maximum absolute atomic E-state index is 5.69. The van der Waals surface area contributed by atoms with Crippen LogP contribution in [-0.4, -0.2) is 0 Å². The highest BCUT2D eigenvalue weighted by Gasteiger charge is 2.31. The van der Waals surface area contributed by atoms with Crippen LogP contribution in [0.3, 0.4) is 0 Å². The summed E-state index contributed by atoms with van der Waals surface area (Å²) in [6, 6.07) is 12.9. The molecule has 0 bridgehead atoms. The Balaban J connectivity index is 0.000000133. The molecule has 2 nitrogen and oxygen atoms in total. The topological polar surface area (TPSA) is 18.5 Å². The molecule has 2 aliphatic rings. The minimum Gasteiger partial charge on any atom is -0.372 e. The Kier molecular flexibility index (Phi) is 4.07. The van der Waals surface area contributed by atoms with E-state index in [1.807, 2.05) is 0 Å². The van der Waals surface area contributed by atoms with Gasteiger partial charge in [-0.05, 0) is 55.5 Å². The largest absolute Gasteiger partial charge is 0.372 e. The Morgan fingerprint density at radius 1 is 0.864 bits per heavy atom. The summed E-state index contributed by atoms with van der Waals surface area (Å²) in [6.45, 7) is 10.9. The summed E-state index contributed by atoms with van der Waals surface area (Å²) in [5.41, 5.74) is 8.02. The fraction of sp³-hybridized carbons (Fsp3) is 0.400. The molecule has 0 aromatic heterocycles. The zero-order chi connectivity index (χ0) is 15.7. The van der Waals surface area contributed by atoms with E-state index in [0.717, 1.165) is 19.8 Å². The molecule has 0 radical (unpaired) electrons. The first-order valence-electron chi connectivity index (χ1n) is 7.86. The first-order valence-corrected chi connectivity index (χ1v) is 7.86. The summed E-state index contributed by atoms with van der Waals surface area (Å²) in [5, 5.41) is 0. The molecule has 116 valence electrons. The Hall–Kier alpha value is -1.64. The molecule has 2 aliphatic heterocycles. The minimum atomic E-state index is -0.0827. The van der Waals surface area contributed by atoms with Gasteiger partial charge in [0.05, 0.1) is 25.4 Å². The lowest BCUT2D eigenvalue weighted by Gasteiger charge is -2.20. The molecule has 0 amide bonds. The third-order valence-corrected chi connectivity index (χ3v) is 4.43. The van der Waals surface area contributed by atoms with E-state index in [-0.39, 0.29) is 5.60 Å². The number of ether oxygens (including phenoxy) is 2. The van der Waals surface area contributed by atoms with E-state index in [9.17, 15) is 0 Å². The average Bonchev–Trinajstić information content (AvgIpc) is 3.04. The zero-order valence-corrected chi connectivity index (χ0v) is 13.9. The van der Waals surface area contributed by atoms with Gasteiger partial charge in [-0.3, -0.25) is 0 Å². The second-order valence-electron chi connectivity index (χ2n) is 6.67. The molecule has 2 aromatic rings. The highest BCUT2D eigenvalue weighted by Crippen LogP contribution is 2.37. The van der Waals surface area contributed by atoms with Crippen LogP contribution in [0, 0.1) is 13.8 Å². The molecule has 0 saturated carbocycles. The van der Waals surface area contributed by atoms with Gasteiger partial charge >= 0.3 is 0 Å². The normalized spacial score (nSPS) is 17.5.